The molecule has 0 saturated carbocycles. The van der Waals surface area contributed by atoms with Gasteiger partial charge < -0.3 is 10.7 Å². The lowest BCUT2D eigenvalue weighted by molar-refractivity contribution is 1.07. The van der Waals surface area contributed by atoms with Gasteiger partial charge in [-0.15, -0.1) is 0 Å². The van der Waals surface area contributed by atoms with E-state index in [-0.39, 0.29) is 0 Å². The van der Waals surface area contributed by atoms with Gasteiger partial charge in [0.2, 0.25) is 0 Å². The summed E-state index contributed by atoms with van der Waals surface area (Å²) < 4.78 is 0. The minimum Gasteiger partial charge on any atom is -0.382 e. The van der Waals surface area contributed by atoms with Crippen molar-refractivity contribution in [3.63, 3.8) is 0 Å². The van der Waals surface area contributed by atoms with Gasteiger partial charge in [-0.3, -0.25) is 0 Å². The van der Waals surface area contributed by atoms with E-state index in [2.05, 4.69) is 19.9 Å². The number of hydrogen-bond donors (Lipinski definition) is 2. The second-order valence-electron chi connectivity index (χ2n) is 3.71. The summed E-state index contributed by atoms with van der Waals surface area (Å²) in [4.78, 5) is 16.2. The van der Waals surface area contributed by atoms with E-state index in [9.17, 15) is 0 Å². The van der Waals surface area contributed by atoms with Crippen molar-refractivity contribution in [2.24, 2.45) is 0 Å². The van der Waals surface area contributed by atoms with Crippen molar-refractivity contribution in [1.29, 1.82) is 0 Å². The standard InChI is InChI=1S/C11H7Cl2N5S.C2H6/c12-5-1-6(13)3-7(2-5)19-11-17-8-9(14)15-4-16-10(8)18-11;1-2/h1-4H,(H3,14,15,16,17,18);1-2H3. The van der Waals surface area contributed by atoms with Crippen molar-refractivity contribution in [2.45, 2.75) is 23.9 Å². The SMILES string of the molecule is CC.Nc1ncnc2nc(Sc3cc(Cl)cc(Cl)c3)[nH]c12. The Morgan fingerprint density at radius 3 is 2.38 bits per heavy atom. The largest absolute Gasteiger partial charge is 0.382 e. The third-order valence-corrected chi connectivity index (χ3v) is 3.64. The van der Waals surface area contributed by atoms with Gasteiger partial charge in [-0.1, -0.05) is 48.8 Å². The Morgan fingerprint density at radius 1 is 1.10 bits per heavy atom. The maximum Gasteiger partial charge on any atom is 0.183 e. The number of hydrogen-bond acceptors (Lipinski definition) is 5. The van der Waals surface area contributed by atoms with Crippen molar-refractivity contribution in [3.8, 4) is 0 Å². The number of fused-ring (bicyclic) bond motifs is 1. The second kappa shape index (κ2) is 6.98. The average molecular weight is 342 g/mol. The first-order valence-electron chi connectivity index (χ1n) is 6.22. The van der Waals surface area contributed by atoms with Crippen LogP contribution in [0.25, 0.3) is 11.2 Å². The summed E-state index contributed by atoms with van der Waals surface area (Å²) in [5.41, 5.74) is 6.89. The molecule has 0 aliphatic rings. The molecule has 2 heterocycles. The lowest BCUT2D eigenvalue weighted by Gasteiger charge is -1.99. The first-order valence-corrected chi connectivity index (χ1v) is 7.79. The molecule has 0 unspecified atom stereocenters. The molecule has 0 aliphatic heterocycles. The van der Waals surface area contributed by atoms with Crippen molar-refractivity contribution < 1.29 is 0 Å². The van der Waals surface area contributed by atoms with E-state index < -0.39 is 0 Å². The molecule has 1 aromatic carbocycles. The highest BCUT2D eigenvalue weighted by atomic mass is 35.5. The Morgan fingerprint density at radius 2 is 1.76 bits per heavy atom. The van der Waals surface area contributed by atoms with Crippen LogP contribution in [0.1, 0.15) is 13.8 Å². The van der Waals surface area contributed by atoms with Crippen molar-refractivity contribution >= 4 is 51.9 Å². The maximum absolute atomic E-state index is 5.95. The van der Waals surface area contributed by atoms with E-state index in [1.165, 1.54) is 18.1 Å². The normalized spacial score (nSPS) is 10.3. The molecule has 0 spiro atoms. The number of nitrogen functional groups attached to an aromatic ring is 1. The fourth-order valence-electron chi connectivity index (χ4n) is 1.57. The molecule has 2 aromatic heterocycles. The molecule has 0 fully saturated rings. The molecule has 0 saturated heterocycles. The number of anilines is 1. The smallest absolute Gasteiger partial charge is 0.183 e. The number of H-pyrrole nitrogens is 1. The zero-order valence-electron chi connectivity index (χ0n) is 11.4. The Kier molecular flexibility index (Phi) is 5.27. The van der Waals surface area contributed by atoms with Gasteiger partial charge >= 0.3 is 0 Å². The van der Waals surface area contributed by atoms with E-state index in [1.807, 2.05) is 13.8 Å². The lowest BCUT2D eigenvalue weighted by Crippen LogP contribution is -1.91. The fraction of sp³-hybridized carbons (Fsp3) is 0.154. The lowest BCUT2D eigenvalue weighted by atomic mass is 10.4. The summed E-state index contributed by atoms with van der Waals surface area (Å²) in [6.45, 7) is 4.00. The van der Waals surface area contributed by atoms with Crippen LogP contribution in [0.15, 0.2) is 34.6 Å². The first-order chi connectivity index (χ1) is 10.1. The second-order valence-corrected chi connectivity index (χ2v) is 5.64. The summed E-state index contributed by atoms with van der Waals surface area (Å²) in [7, 11) is 0. The molecule has 110 valence electrons. The molecule has 3 aromatic rings. The molecule has 8 heteroatoms. The van der Waals surface area contributed by atoms with Gasteiger partial charge in [-0.05, 0) is 18.2 Å². The van der Waals surface area contributed by atoms with Crippen LogP contribution in [0, 0.1) is 0 Å². The van der Waals surface area contributed by atoms with E-state index >= 15 is 0 Å². The Labute approximate surface area is 136 Å². The zero-order chi connectivity index (χ0) is 15.4. The minimum atomic E-state index is 0.369. The topological polar surface area (TPSA) is 80.5 Å². The van der Waals surface area contributed by atoms with Gasteiger partial charge in [-0.2, -0.15) is 0 Å². The summed E-state index contributed by atoms with van der Waals surface area (Å²) in [6, 6.07) is 5.29. The number of rotatable bonds is 2. The third-order valence-electron chi connectivity index (χ3n) is 2.35. The van der Waals surface area contributed by atoms with Crippen LogP contribution in [0.5, 0.6) is 0 Å². The predicted octanol–water partition coefficient (Wildman–Crippen LogP) is 4.42. The van der Waals surface area contributed by atoms with Crippen molar-refractivity contribution in [3.05, 3.63) is 34.6 Å². The molecule has 0 aliphatic carbocycles. The number of nitrogens with zero attached hydrogens (tertiary/aromatic N) is 3. The molecule has 3 rings (SSSR count). The molecule has 3 N–H and O–H groups in total. The van der Waals surface area contributed by atoms with Crippen LogP contribution in [0.4, 0.5) is 5.82 Å². The highest BCUT2D eigenvalue weighted by Gasteiger charge is 2.09. The van der Waals surface area contributed by atoms with Crippen LogP contribution in [0.2, 0.25) is 10.0 Å². The Bertz CT molecular complexity index is 739. The Balaban J connectivity index is 0.000000774. The van der Waals surface area contributed by atoms with E-state index in [4.69, 9.17) is 28.9 Å². The number of imidazole rings is 1. The van der Waals surface area contributed by atoms with E-state index in [0.717, 1.165) is 4.90 Å². The summed E-state index contributed by atoms with van der Waals surface area (Å²) in [6.07, 6.45) is 1.38. The average Bonchev–Trinajstić information content (AvgIpc) is 2.84. The predicted molar refractivity (Wildman–Crippen MR) is 88.0 cm³/mol. The number of halogens is 2. The van der Waals surface area contributed by atoms with E-state index in [1.54, 1.807) is 18.2 Å². The minimum absolute atomic E-state index is 0.369. The quantitative estimate of drug-likeness (QED) is 0.721. The summed E-state index contributed by atoms with van der Waals surface area (Å²) in [5, 5.41) is 1.80. The monoisotopic (exact) mass is 341 g/mol. The molecule has 0 atom stereocenters. The van der Waals surface area contributed by atoms with Crippen LogP contribution >= 0.6 is 35.0 Å². The van der Waals surface area contributed by atoms with E-state index in [0.29, 0.717) is 32.2 Å². The highest BCUT2D eigenvalue weighted by Crippen LogP contribution is 2.31. The van der Waals surface area contributed by atoms with Gasteiger partial charge in [-0.25, -0.2) is 15.0 Å². The van der Waals surface area contributed by atoms with Gasteiger partial charge in [0.05, 0.1) is 0 Å². The van der Waals surface area contributed by atoms with Crippen LogP contribution < -0.4 is 5.73 Å². The van der Waals surface area contributed by atoms with Gasteiger partial charge in [0.15, 0.2) is 16.6 Å². The molecule has 0 radical (unpaired) electrons. The number of nitrogens with one attached hydrogen (secondary N) is 1. The third kappa shape index (κ3) is 3.78. The number of aromatic amines is 1. The van der Waals surface area contributed by atoms with Crippen molar-refractivity contribution in [2.75, 3.05) is 5.73 Å². The Hall–Kier alpha value is -1.50. The highest BCUT2D eigenvalue weighted by molar-refractivity contribution is 7.99. The van der Waals surface area contributed by atoms with Gasteiger partial charge in [0, 0.05) is 14.9 Å². The molecular weight excluding hydrogens is 329 g/mol. The van der Waals surface area contributed by atoms with Crippen molar-refractivity contribution in [1.82, 2.24) is 19.9 Å². The molecule has 5 nitrogen and oxygen atoms in total. The van der Waals surface area contributed by atoms with Crippen LogP contribution in [-0.4, -0.2) is 19.9 Å². The van der Waals surface area contributed by atoms with Crippen LogP contribution in [-0.2, 0) is 0 Å². The molecule has 21 heavy (non-hydrogen) atoms. The van der Waals surface area contributed by atoms with Gasteiger partial charge in [0.1, 0.15) is 11.8 Å². The molecule has 0 amide bonds. The zero-order valence-corrected chi connectivity index (χ0v) is 13.7. The number of benzene rings is 1. The fourth-order valence-corrected chi connectivity index (χ4v) is 3.11. The number of aromatic nitrogens is 4. The molecule has 0 bridgehead atoms. The maximum atomic E-state index is 5.95. The molecular formula is C13H13Cl2N5S. The van der Waals surface area contributed by atoms with Gasteiger partial charge in [0.25, 0.3) is 0 Å². The van der Waals surface area contributed by atoms with Crippen LogP contribution in [0.3, 0.4) is 0 Å². The summed E-state index contributed by atoms with van der Waals surface area (Å²) >= 11 is 13.3. The first kappa shape index (κ1) is 15.9. The summed E-state index contributed by atoms with van der Waals surface area (Å²) in [5.74, 6) is 0.369. The number of nitrogens with two attached hydrogens (primary N) is 1.